The molecule has 5 heteroatoms. The zero-order valence-electron chi connectivity index (χ0n) is 11.2. The monoisotopic (exact) mass is 265 g/mol. The topological polar surface area (TPSA) is 63.6 Å². The van der Waals surface area contributed by atoms with Crippen LogP contribution in [0.2, 0.25) is 0 Å². The Morgan fingerprint density at radius 2 is 1.90 bits per heavy atom. The number of hydrogen-bond donors (Lipinski definition) is 1. The number of anilines is 1. The quantitative estimate of drug-likeness (QED) is 0.785. The van der Waals surface area contributed by atoms with E-state index in [4.69, 9.17) is 0 Å². The Labute approximate surface area is 117 Å². The van der Waals surface area contributed by atoms with Crippen LogP contribution in [0, 0.1) is 0 Å². The van der Waals surface area contributed by atoms with E-state index in [2.05, 4.69) is 32.4 Å². The lowest BCUT2D eigenvalue weighted by molar-refractivity contribution is 0.951. The minimum absolute atomic E-state index is 0.734. The molecule has 3 rings (SSSR count). The molecule has 0 radical (unpaired) electrons. The average molecular weight is 265 g/mol. The van der Waals surface area contributed by atoms with Gasteiger partial charge in [0.2, 0.25) is 0 Å². The molecule has 2 heterocycles. The molecule has 0 unspecified atom stereocenters. The molecule has 0 aliphatic rings. The first-order valence-electron chi connectivity index (χ1n) is 6.66. The van der Waals surface area contributed by atoms with E-state index in [1.165, 1.54) is 0 Å². The van der Waals surface area contributed by atoms with Crippen LogP contribution in [0.25, 0.3) is 22.2 Å². The first-order chi connectivity index (χ1) is 9.90. The highest BCUT2D eigenvalue weighted by molar-refractivity contribution is 5.99. The molecular formula is C15H15N5. The number of hydrogen-bond acceptors (Lipinski definition) is 5. The maximum absolute atomic E-state index is 4.31. The molecule has 3 aromatic rings. The van der Waals surface area contributed by atoms with Gasteiger partial charge in [-0.2, -0.15) is 0 Å². The lowest BCUT2D eigenvalue weighted by Crippen LogP contribution is -2.05. The molecule has 0 aliphatic carbocycles. The van der Waals surface area contributed by atoms with E-state index in [9.17, 15) is 0 Å². The number of rotatable bonds is 4. The molecule has 0 aliphatic heterocycles. The molecule has 0 amide bonds. The van der Waals surface area contributed by atoms with Crippen molar-refractivity contribution in [3.63, 3.8) is 0 Å². The van der Waals surface area contributed by atoms with Crippen molar-refractivity contribution in [1.82, 2.24) is 20.2 Å². The van der Waals surface area contributed by atoms with Gasteiger partial charge in [0.25, 0.3) is 0 Å². The molecule has 0 bridgehead atoms. The zero-order chi connectivity index (χ0) is 13.8. The van der Waals surface area contributed by atoms with E-state index in [-0.39, 0.29) is 0 Å². The van der Waals surface area contributed by atoms with E-state index >= 15 is 0 Å². The second-order valence-corrected chi connectivity index (χ2v) is 4.46. The fraction of sp³-hybridized carbons (Fsp3) is 0.200. The Morgan fingerprint density at radius 3 is 2.65 bits per heavy atom. The standard InChI is InChI=1S/C15H15N5/c1-2-7-18-15-12-6-4-3-5-11(12)14(19-20-15)13-10-16-8-9-17-13/h3-6,8-10H,2,7H2,1H3,(H,18,20). The molecule has 0 spiro atoms. The van der Waals surface area contributed by atoms with E-state index in [0.29, 0.717) is 0 Å². The molecule has 100 valence electrons. The van der Waals surface area contributed by atoms with Crippen molar-refractivity contribution < 1.29 is 0 Å². The fourth-order valence-corrected chi connectivity index (χ4v) is 2.09. The van der Waals surface area contributed by atoms with Crippen LogP contribution in [0.1, 0.15) is 13.3 Å². The van der Waals surface area contributed by atoms with Gasteiger partial charge in [0.15, 0.2) is 5.82 Å². The number of benzene rings is 1. The van der Waals surface area contributed by atoms with Crippen molar-refractivity contribution in [2.75, 3.05) is 11.9 Å². The van der Waals surface area contributed by atoms with Gasteiger partial charge in [-0.25, -0.2) is 0 Å². The molecule has 0 atom stereocenters. The lowest BCUT2D eigenvalue weighted by atomic mass is 10.1. The Balaban J connectivity index is 2.16. The highest BCUT2D eigenvalue weighted by Crippen LogP contribution is 2.27. The van der Waals surface area contributed by atoms with Gasteiger partial charge in [-0.15, -0.1) is 10.2 Å². The average Bonchev–Trinajstić information content (AvgIpc) is 2.53. The summed E-state index contributed by atoms with van der Waals surface area (Å²) in [6.45, 7) is 3.00. The zero-order valence-corrected chi connectivity index (χ0v) is 11.2. The summed E-state index contributed by atoms with van der Waals surface area (Å²) < 4.78 is 0. The molecule has 1 N–H and O–H groups in total. The van der Waals surface area contributed by atoms with E-state index in [1.54, 1.807) is 18.6 Å². The van der Waals surface area contributed by atoms with Crippen LogP contribution in [0.15, 0.2) is 42.9 Å². The van der Waals surface area contributed by atoms with E-state index in [1.807, 2.05) is 24.3 Å². The van der Waals surface area contributed by atoms with Gasteiger partial charge in [0, 0.05) is 29.7 Å². The van der Waals surface area contributed by atoms with Crippen LogP contribution >= 0.6 is 0 Å². The predicted octanol–water partition coefficient (Wildman–Crippen LogP) is 2.91. The summed E-state index contributed by atoms with van der Waals surface area (Å²) in [4.78, 5) is 8.40. The Kier molecular flexibility index (Phi) is 3.50. The largest absolute Gasteiger partial charge is 0.368 e. The third-order valence-electron chi connectivity index (χ3n) is 3.04. The van der Waals surface area contributed by atoms with Crippen molar-refractivity contribution in [3.05, 3.63) is 42.9 Å². The number of fused-ring (bicyclic) bond motifs is 1. The van der Waals surface area contributed by atoms with Crippen LogP contribution in [-0.4, -0.2) is 26.7 Å². The van der Waals surface area contributed by atoms with Gasteiger partial charge in [0.1, 0.15) is 11.4 Å². The normalized spacial score (nSPS) is 10.7. The smallest absolute Gasteiger partial charge is 0.156 e. The lowest BCUT2D eigenvalue weighted by Gasteiger charge is -2.09. The minimum atomic E-state index is 0.734. The maximum atomic E-state index is 4.31. The summed E-state index contributed by atoms with van der Waals surface area (Å²) >= 11 is 0. The second kappa shape index (κ2) is 5.61. The summed E-state index contributed by atoms with van der Waals surface area (Å²) in [5.41, 5.74) is 1.49. The summed E-state index contributed by atoms with van der Waals surface area (Å²) in [5.74, 6) is 0.815. The number of nitrogens with zero attached hydrogens (tertiary/aromatic N) is 4. The van der Waals surface area contributed by atoms with Crippen molar-refractivity contribution in [3.8, 4) is 11.4 Å². The number of aromatic nitrogens is 4. The molecular weight excluding hydrogens is 250 g/mol. The van der Waals surface area contributed by atoms with Gasteiger partial charge in [-0.1, -0.05) is 31.2 Å². The molecule has 0 fully saturated rings. The minimum Gasteiger partial charge on any atom is -0.368 e. The predicted molar refractivity (Wildman–Crippen MR) is 79.3 cm³/mol. The van der Waals surface area contributed by atoms with Crippen molar-refractivity contribution in [2.24, 2.45) is 0 Å². The third kappa shape index (κ3) is 2.30. The number of nitrogens with one attached hydrogen (secondary N) is 1. The Morgan fingerprint density at radius 1 is 1.05 bits per heavy atom. The molecule has 5 nitrogen and oxygen atoms in total. The summed E-state index contributed by atoms with van der Waals surface area (Å²) in [7, 11) is 0. The summed E-state index contributed by atoms with van der Waals surface area (Å²) in [5, 5.41) is 14.0. The van der Waals surface area contributed by atoms with Crippen molar-refractivity contribution in [2.45, 2.75) is 13.3 Å². The molecule has 20 heavy (non-hydrogen) atoms. The van der Waals surface area contributed by atoms with Crippen molar-refractivity contribution >= 4 is 16.6 Å². The SMILES string of the molecule is CCCNc1nnc(-c2cnccn2)c2ccccc12. The summed E-state index contributed by atoms with van der Waals surface area (Å²) in [6.07, 6.45) is 6.06. The first kappa shape index (κ1) is 12.5. The van der Waals surface area contributed by atoms with Crippen LogP contribution in [0.5, 0.6) is 0 Å². The molecule has 1 aromatic carbocycles. The molecule has 0 saturated heterocycles. The van der Waals surface area contributed by atoms with Crippen molar-refractivity contribution in [1.29, 1.82) is 0 Å². The molecule has 0 saturated carbocycles. The Hall–Kier alpha value is -2.56. The van der Waals surface area contributed by atoms with Crippen LogP contribution < -0.4 is 5.32 Å². The second-order valence-electron chi connectivity index (χ2n) is 4.46. The highest BCUT2D eigenvalue weighted by atomic mass is 15.2. The highest BCUT2D eigenvalue weighted by Gasteiger charge is 2.11. The Bertz CT molecular complexity index is 712. The van der Waals surface area contributed by atoms with Crippen LogP contribution in [0.4, 0.5) is 5.82 Å². The van der Waals surface area contributed by atoms with Crippen LogP contribution in [0.3, 0.4) is 0 Å². The van der Waals surface area contributed by atoms with Gasteiger partial charge < -0.3 is 5.32 Å². The third-order valence-corrected chi connectivity index (χ3v) is 3.04. The van der Waals surface area contributed by atoms with Gasteiger partial charge in [0.05, 0.1) is 6.20 Å². The first-order valence-corrected chi connectivity index (χ1v) is 6.66. The maximum Gasteiger partial charge on any atom is 0.156 e. The van der Waals surface area contributed by atoms with Gasteiger partial charge in [-0.05, 0) is 6.42 Å². The molecule has 2 aromatic heterocycles. The van der Waals surface area contributed by atoms with Gasteiger partial charge in [-0.3, -0.25) is 9.97 Å². The fourth-order valence-electron chi connectivity index (χ4n) is 2.09. The van der Waals surface area contributed by atoms with Crippen LogP contribution in [-0.2, 0) is 0 Å². The van der Waals surface area contributed by atoms with E-state index < -0.39 is 0 Å². The summed E-state index contributed by atoms with van der Waals surface area (Å²) in [6, 6.07) is 8.07. The van der Waals surface area contributed by atoms with Gasteiger partial charge >= 0.3 is 0 Å². The van der Waals surface area contributed by atoms with E-state index in [0.717, 1.165) is 40.9 Å².